The quantitative estimate of drug-likeness (QED) is 0.455. The monoisotopic (exact) mass is 398 g/mol. The fourth-order valence-electron chi connectivity index (χ4n) is 2.13. The number of halogens is 1. The Morgan fingerprint density at radius 2 is 1.79 bits per heavy atom. The zero-order valence-electron chi connectivity index (χ0n) is 14.3. The summed E-state index contributed by atoms with van der Waals surface area (Å²) in [4.78, 5) is 24.2. The van der Waals surface area contributed by atoms with E-state index in [-0.39, 0.29) is 11.9 Å². The van der Waals surface area contributed by atoms with Crippen molar-refractivity contribution in [2.24, 2.45) is 0 Å². The molecule has 134 valence electrons. The highest BCUT2D eigenvalue weighted by atomic mass is 79.9. The molecule has 1 rings (SSSR count). The highest BCUT2D eigenvalue weighted by Gasteiger charge is 2.19. The predicted octanol–water partition coefficient (Wildman–Crippen LogP) is 2.14. The van der Waals surface area contributed by atoms with Crippen molar-refractivity contribution in [2.45, 2.75) is 39.3 Å². The van der Waals surface area contributed by atoms with Crippen LogP contribution >= 0.6 is 15.9 Å². The Morgan fingerprint density at radius 1 is 1.08 bits per heavy atom. The second kappa shape index (κ2) is 11.9. The number of rotatable bonds is 10. The van der Waals surface area contributed by atoms with Crippen LogP contribution in [0.15, 0.2) is 28.7 Å². The van der Waals surface area contributed by atoms with Crippen LogP contribution in [0.1, 0.15) is 32.3 Å². The number of benzene rings is 1. The second-order valence-electron chi connectivity index (χ2n) is 5.44. The van der Waals surface area contributed by atoms with Crippen molar-refractivity contribution in [1.82, 2.24) is 21.3 Å². The molecule has 0 saturated heterocycles. The average molecular weight is 399 g/mol. The summed E-state index contributed by atoms with van der Waals surface area (Å²) in [5, 5.41) is 11.5. The molecule has 4 N–H and O–H groups in total. The lowest BCUT2D eigenvalue weighted by atomic mass is 10.1. The fraction of sp³-hybridized carbons (Fsp3) is 0.529. The maximum atomic E-state index is 12.2. The van der Waals surface area contributed by atoms with Gasteiger partial charge < -0.3 is 21.3 Å². The van der Waals surface area contributed by atoms with E-state index in [1.165, 1.54) is 0 Å². The van der Waals surface area contributed by atoms with Gasteiger partial charge in [-0.3, -0.25) is 4.79 Å². The maximum Gasteiger partial charge on any atom is 0.315 e. The molecule has 0 fully saturated rings. The van der Waals surface area contributed by atoms with Gasteiger partial charge in [0.05, 0.1) is 0 Å². The average Bonchev–Trinajstić information content (AvgIpc) is 2.57. The molecule has 0 aliphatic heterocycles. The minimum Gasteiger partial charge on any atom is -0.353 e. The third-order valence-corrected chi connectivity index (χ3v) is 3.95. The van der Waals surface area contributed by atoms with Gasteiger partial charge in [-0.1, -0.05) is 48.3 Å². The third kappa shape index (κ3) is 8.31. The van der Waals surface area contributed by atoms with Crippen LogP contribution in [0.3, 0.4) is 0 Å². The van der Waals surface area contributed by atoms with E-state index >= 15 is 0 Å². The second-order valence-corrected chi connectivity index (χ2v) is 6.35. The Bertz CT molecular complexity index is 508. The Hall–Kier alpha value is -1.60. The summed E-state index contributed by atoms with van der Waals surface area (Å²) in [5.41, 5.74) is 0.996. The molecular formula is C17H27BrN4O2. The van der Waals surface area contributed by atoms with Crippen LogP contribution in [0.25, 0.3) is 0 Å². The summed E-state index contributed by atoms with van der Waals surface area (Å²) in [7, 11) is 0. The smallest absolute Gasteiger partial charge is 0.315 e. The van der Waals surface area contributed by atoms with Gasteiger partial charge >= 0.3 is 6.03 Å². The molecule has 0 aliphatic carbocycles. The van der Waals surface area contributed by atoms with E-state index in [1.807, 2.05) is 38.1 Å². The normalized spacial score (nSPS) is 11.6. The van der Waals surface area contributed by atoms with Crippen molar-refractivity contribution < 1.29 is 9.59 Å². The van der Waals surface area contributed by atoms with E-state index in [0.717, 1.165) is 29.5 Å². The first-order chi connectivity index (χ1) is 11.6. The van der Waals surface area contributed by atoms with Crippen LogP contribution in [-0.2, 0) is 11.3 Å². The van der Waals surface area contributed by atoms with Gasteiger partial charge in [-0.25, -0.2) is 4.79 Å². The SMILES string of the molecule is CCCC(NC(=O)NCc1ccc(Br)cc1)C(=O)NCCNCC. The van der Waals surface area contributed by atoms with Gasteiger partial charge in [-0.2, -0.15) is 0 Å². The molecule has 0 aromatic heterocycles. The molecule has 3 amide bonds. The van der Waals surface area contributed by atoms with Gasteiger partial charge in [0.25, 0.3) is 0 Å². The van der Waals surface area contributed by atoms with Crippen molar-refractivity contribution in [3.05, 3.63) is 34.3 Å². The van der Waals surface area contributed by atoms with Crippen molar-refractivity contribution in [3.8, 4) is 0 Å². The lowest BCUT2D eigenvalue weighted by molar-refractivity contribution is -0.123. The number of amides is 3. The number of carbonyl (C=O) groups excluding carboxylic acids is 2. The summed E-state index contributed by atoms with van der Waals surface area (Å²) in [6.07, 6.45) is 1.43. The first-order valence-corrected chi connectivity index (χ1v) is 9.13. The van der Waals surface area contributed by atoms with Gasteiger partial charge in [0.15, 0.2) is 0 Å². The molecule has 0 saturated carbocycles. The van der Waals surface area contributed by atoms with E-state index < -0.39 is 6.04 Å². The molecule has 7 heteroatoms. The van der Waals surface area contributed by atoms with E-state index in [1.54, 1.807) is 0 Å². The minimum absolute atomic E-state index is 0.145. The first kappa shape index (κ1) is 20.4. The van der Waals surface area contributed by atoms with Crippen LogP contribution in [0.4, 0.5) is 4.79 Å². The van der Waals surface area contributed by atoms with Crippen LogP contribution < -0.4 is 21.3 Å². The third-order valence-electron chi connectivity index (χ3n) is 3.42. The molecule has 6 nitrogen and oxygen atoms in total. The Kier molecular flexibility index (Phi) is 10.1. The molecule has 1 unspecified atom stereocenters. The van der Waals surface area contributed by atoms with Crippen molar-refractivity contribution in [1.29, 1.82) is 0 Å². The maximum absolute atomic E-state index is 12.2. The Labute approximate surface area is 152 Å². The summed E-state index contributed by atoms with van der Waals surface area (Å²) < 4.78 is 0.993. The molecule has 1 aromatic rings. The summed E-state index contributed by atoms with van der Waals surface area (Å²) >= 11 is 3.37. The number of nitrogens with one attached hydrogen (secondary N) is 4. The van der Waals surface area contributed by atoms with Gasteiger partial charge in [-0.05, 0) is 30.7 Å². The van der Waals surface area contributed by atoms with Crippen LogP contribution in [0.2, 0.25) is 0 Å². The lowest BCUT2D eigenvalue weighted by Crippen LogP contribution is -2.50. The lowest BCUT2D eigenvalue weighted by Gasteiger charge is -2.18. The van der Waals surface area contributed by atoms with Crippen LogP contribution in [-0.4, -0.2) is 37.6 Å². The van der Waals surface area contributed by atoms with E-state index in [9.17, 15) is 9.59 Å². The Balaban J connectivity index is 2.40. The molecule has 1 aromatic carbocycles. The van der Waals surface area contributed by atoms with E-state index in [0.29, 0.717) is 19.5 Å². The van der Waals surface area contributed by atoms with E-state index in [2.05, 4.69) is 37.2 Å². The number of urea groups is 1. The molecule has 0 aliphatic rings. The van der Waals surface area contributed by atoms with Crippen molar-refractivity contribution >= 4 is 27.9 Å². The molecule has 24 heavy (non-hydrogen) atoms. The summed E-state index contributed by atoms with van der Waals surface area (Å²) in [6.45, 7) is 6.55. The predicted molar refractivity (Wildman–Crippen MR) is 99.8 cm³/mol. The zero-order valence-corrected chi connectivity index (χ0v) is 15.9. The van der Waals surface area contributed by atoms with E-state index in [4.69, 9.17) is 0 Å². The standard InChI is InChI=1S/C17H27BrN4O2/c1-3-5-15(16(23)20-11-10-19-4-2)22-17(24)21-12-13-6-8-14(18)9-7-13/h6-9,15,19H,3-5,10-12H2,1-2H3,(H,20,23)(H2,21,22,24). The molecule has 0 heterocycles. The number of hydrogen-bond donors (Lipinski definition) is 4. The molecule has 1 atom stereocenters. The minimum atomic E-state index is -0.512. The first-order valence-electron chi connectivity index (χ1n) is 8.34. The zero-order chi connectivity index (χ0) is 17.8. The van der Waals surface area contributed by atoms with Gasteiger partial charge in [0, 0.05) is 24.1 Å². The van der Waals surface area contributed by atoms with Gasteiger partial charge in [-0.15, -0.1) is 0 Å². The van der Waals surface area contributed by atoms with Crippen molar-refractivity contribution in [2.75, 3.05) is 19.6 Å². The molecule has 0 spiro atoms. The highest BCUT2D eigenvalue weighted by molar-refractivity contribution is 9.10. The van der Waals surface area contributed by atoms with Gasteiger partial charge in [0.2, 0.25) is 5.91 Å². The largest absolute Gasteiger partial charge is 0.353 e. The number of carbonyl (C=O) groups is 2. The van der Waals surface area contributed by atoms with Gasteiger partial charge in [0.1, 0.15) is 6.04 Å². The number of hydrogen-bond acceptors (Lipinski definition) is 3. The highest BCUT2D eigenvalue weighted by Crippen LogP contribution is 2.10. The molecule has 0 radical (unpaired) electrons. The number of likely N-dealkylation sites (N-methyl/N-ethyl adjacent to an activating group) is 1. The summed E-state index contributed by atoms with van der Waals surface area (Å²) in [5.74, 6) is -0.145. The Morgan fingerprint density at radius 3 is 2.42 bits per heavy atom. The summed E-state index contributed by atoms with van der Waals surface area (Å²) in [6, 6.07) is 6.86. The molecular weight excluding hydrogens is 372 g/mol. The van der Waals surface area contributed by atoms with Crippen LogP contribution in [0, 0.1) is 0 Å². The molecule has 0 bridgehead atoms. The fourth-order valence-corrected chi connectivity index (χ4v) is 2.39. The topological polar surface area (TPSA) is 82.3 Å². The van der Waals surface area contributed by atoms with Crippen molar-refractivity contribution in [3.63, 3.8) is 0 Å². The van der Waals surface area contributed by atoms with Crippen LogP contribution in [0.5, 0.6) is 0 Å².